The summed E-state index contributed by atoms with van der Waals surface area (Å²) in [6, 6.07) is 21.1. The van der Waals surface area contributed by atoms with E-state index in [0.717, 1.165) is 25.0 Å². The smallest absolute Gasteiger partial charge is 0.309 e. The first-order valence-corrected chi connectivity index (χ1v) is 13.5. The van der Waals surface area contributed by atoms with Crippen LogP contribution in [0.4, 0.5) is 0 Å². The van der Waals surface area contributed by atoms with Gasteiger partial charge in [-0.3, -0.25) is 4.79 Å². The van der Waals surface area contributed by atoms with E-state index in [1.54, 1.807) is 0 Å². The summed E-state index contributed by atoms with van der Waals surface area (Å²) in [7, 11) is 0. The fourth-order valence-corrected chi connectivity index (χ4v) is 5.25. The Kier molecular flexibility index (Phi) is 10.9. The summed E-state index contributed by atoms with van der Waals surface area (Å²) in [5.74, 6) is 2.02. The molecule has 2 aromatic rings. The lowest BCUT2D eigenvalue weighted by Gasteiger charge is -2.27. The largest absolute Gasteiger partial charge is 0.465 e. The average Bonchev–Trinajstić information content (AvgIpc) is 2.86. The highest BCUT2D eigenvalue weighted by Crippen LogP contribution is 2.41. The molecule has 0 heterocycles. The summed E-state index contributed by atoms with van der Waals surface area (Å²) in [5.41, 5.74) is 5.15. The monoisotopic (exact) mass is 450 g/mol. The van der Waals surface area contributed by atoms with Crippen molar-refractivity contribution in [3.63, 3.8) is 0 Å². The number of rotatable bonds is 13. The molecule has 0 amide bonds. The zero-order valence-corrected chi connectivity index (χ0v) is 20.4. The summed E-state index contributed by atoms with van der Waals surface area (Å²) < 4.78 is 5.68. The van der Waals surface area contributed by atoms with Crippen LogP contribution in [0.5, 0.6) is 0 Å². The van der Waals surface area contributed by atoms with Crippen molar-refractivity contribution in [1.82, 2.24) is 0 Å². The van der Waals surface area contributed by atoms with Gasteiger partial charge in [-0.05, 0) is 53.7 Å². The van der Waals surface area contributed by atoms with Gasteiger partial charge in [-0.2, -0.15) is 11.8 Å². The minimum atomic E-state index is -0.0405. The lowest BCUT2D eigenvalue weighted by Crippen LogP contribution is -2.22. The lowest BCUT2D eigenvalue weighted by molar-refractivity contribution is -0.147. The van der Waals surface area contributed by atoms with E-state index in [1.165, 1.54) is 66.6 Å². The van der Waals surface area contributed by atoms with Crippen LogP contribution in [-0.4, -0.2) is 24.1 Å². The Hall–Kier alpha value is -2.00. The van der Waals surface area contributed by atoms with Crippen LogP contribution in [-0.2, 0) is 9.53 Å². The number of benzene rings is 2. The van der Waals surface area contributed by atoms with Gasteiger partial charge in [-0.1, -0.05) is 99.7 Å². The van der Waals surface area contributed by atoms with Gasteiger partial charge in [0.15, 0.2) is 0 Å². The molecule has 0 N–H and O–H groups in total. The quantitative estimate of drug-likeness (QED) is 0.228. The predicted octanol–water partition coefficient (Wildman–Crippen LogP) is 8.03. The summed E-state index contributed by atoms with van der Waals surface area (Å²) >= 11 is 1.91. The van der Waals surface area contributed by atoms with Gasteiger partial charge in [0.05, 0.1) is 5.92 Å². The van der Waals surface area contributed by atoms with Crippen molar-refractivity contribution in [3.8, 4) is 0 Å². The van der Waals surface area contributed by atoms with Crippen LogP contribution in [0.2, 0.25) is 0 Å². The maximum atomic E-state index is 12.8. The van der Waals surface area contributed by atoms with E-state index >= 15 is 0 Å². The summed E-state index contributed by atoms with van der Waals surface area (Å²) in [6.07, 6.45) is 10.5. The first-order valence-electron chi connectivity index (χ1n) is 12.4. The molecule has 1 unspecified atom stereocenters. The van der Waals surface area contributed by atoms with Crippen molar-refractivity contribution in [1.29, 1.82) is 0 Å². The Morgan fingerprint density at radius 3 is 2.16 bits per heavy atom. The van der Waals surface area contributed by atoms with Crippen LogP contribution in [0.1, 0.15) is 75.8 Å². The van der Waals surface area contributed by atoms with Crippen molar-refractivity contribution in [2.24, 2.45) is 5.92 Å². The Bertz CT molecular complexity index is 829. The topological polar surface area (TPSA) is 26.3 Å². The Morgan fingerprint density at radius 2 is 1.47 bits per heavy atom. The highest BCUT2D eigenvalue weighted by molar-refractivity contribution is 7.99. The number of carbonyl (C=O) groups is 1. The third-order valence-corrected chi connectivity index (χ3v) is 7.28. The molecule has 172 valence electrons. The third kappa shape index (κ3) is 7.85. The van der Waals surface area contributed by atoms with Crippen LogP contribution in [0.25, 0.3) is 11.1 Å². The molecule has 2 aromatic carbocycles. The van der Waals surface area contributed by atoms with Gasteiger partial charge in [0.1, 0.15) is 6.61 Å². The van der Waals surface area contributed by atoms with Crippen LogP contribution in [0, 0.1) is 5.92 Å². The molecular weight excluding hydrogens is 412 g/mol. The lowest BCUT2D eigenvalue weighted by atomic mass is 9.78. The van der Waals surface area contributed by atoms with Gasteiger partial charge in [0.2, 0.25) is 0 Å². The number of esters is 1. The fourth-order valence-electron chi connectivity index (χ4n) is 4.44. The molecule has 2 nitrogen and oxygen atoms in total. The summed E-state index contributed by atoms with van der Waals surface area (Å²) in [4.78, 5) is 12.8. The Labute approximate surface area is 198 Å². The fraction of sp³-hybridized carbons (Fsp3) is 0.483. The third-order valence-electron chi connectivity index (χ3n) is 6.25. The normalized spacial score (nSPS) is 16.2. The SMILES string of the molecule is CCCCCCCCSCCOC(=O)C1CCC(c2ccccc2)=C(c2ccccc2)C1. The van der Waals surface area contributed by atoms with Gasteiger partial charge in [-0.15, -0.1) is 0 Å². The number of hydrogen-bond donors (Lipinski definition) is 0. The number of carbonyl (C=O) groups excluding carboxylic acids is 1. The van der Waals surface area contributed by atoms with E-state index in [2.05, 4.69) is 61.5 Å². The molecule has 0 fully saturated rings. The van der Waals surface area contributed by atoms with Crippen LogP contribution in [0.3, 0.4) is 0 Å². The molecule has 1 atom stereocenters. The van der Waals surface area contributed by atoms with Crippen molar-refractivity contribution in [3.05, 3.63) is 71.8 Å². The number of hydrogen-bond acceptors (Lipinski definition) is 3. The maximum Gasteiger partial charge on any atom is 0.309 e. The molecule has 0 spiro atoms. The van der Waals surface area contributed by atoms with E-state index in [9.17, 15) is 4.79 Å². The predicted molar refractivity (Wildman–Crippen MR) is 139 cm³/mol. The molecule has 32 heavy (non-hydrogen) atoms. The zero-order chi connectivity index (χ0) is 22.4. The second-order valence-electron chi connectivity index (χ2n) is 8.68. The van der Waals surface area contributed by atoms with Crippen molar-refractivity contribution >= 4 is 28.9 Å². The van der Waals surface area contributed by atoms with Gasteiger partial charge in [-0.25, -0.2) is 0 Å². The molecule has 0 aliphatic heterocycles. The highest BCUT2D eigenvalue weighted by atomic mass is 32.2. The molecule has 0 saturated carbocycles. The van der Waals surface area contributed by atoms with Gasteiger partial charge in [0, 0.05) is 5.75 Å². The second-order valence-corrected chi connectivity index (χ2v) is 9.90. The minimum Gasteiger partial charge on any atom is -0.465 e. The van der Waals surface area contributed by atoms with E-state index in [1.807, 2.05) is 17.8 Å². The number of ether oxygens (including phenoxy) is 1. The molecule has 0 aromatic heterocycles. The molecular formula is C29H38O2S. The van der Waals surface area contributed by atoms with Crippen LogP contribution in [0.15, 0.2) is 60.7 Å². The molecule has 3 heteroatoms. The van der Waals surface area contributed by atoms with E-state index < -0.39 is 0 Å². The van der Waals surface area contributed by atoms with Crippen LogP contribution < -0.4 is 0 Å². The van der Waals surface area contributed by atoms with E-state index in [4.69, 9.17) is 4.74 Å². The summed E-state index contributed by atoms with van der Waals surface area (Å²) in [5, 5.41) is 0. The minimum absolute atomic E-state index is 0.0225. The van der Waals surface area contributed by atoms with E-state index in [0.29, 0.717) is 6.61 Å². The number of thioether (sulfide) groups is 1. The van der Waals surface area contributed by atoms with Crippen molar-refractivity contribution in [2.75, 3.05) is 18.1 Å². The molecule has 0 radical (unpaired) electrons. The van der Waals surface area contributed by atoms with Crippen LogP contribution >= 0.6 is 11.8 Å². The number of allylic oxidation sites excluding steroid dienone is 2. The average molecular weight is 451 g/mol. The van der Waals surface area contributed by atoms with Gasteiger partial charge >= 0.3 is 5.97 Å². The molecule has 0 saturated heterocycles. The molecule has 0 bridgehead atoms. The Balaban J connectivity index is 1.48. The van der Waals surface area contributed by atoms with E-state index in [-0.39, 0.29) is 11.9 Å². The van der Waals surface area contributed by atoms with Gasteiger partial charge in [0.25, 0.3) is 0 Å². The second kappa shape index (κ2) is 14.2. The highest BCUT2D eigenvalue weighted by Gasteiger charge is 2.28. The maximum absolute atomic E-state index is 12.8. The first kappa shape index (κ1) is 24.6. The van der Waals surface area contributed by atoms with Gasteiger partial charge < -0.3 is 4.74 Å². The Morgan fingerprint density at radius 1 is 0.844 bits per heavy atom. The molecule has 1 aliphatic rings. The first-order chi connectivity index (χ1) is 15.8. The van der Waals surface area contributed by atoms with Crippen molar-refractivity contribution < 1.29 is 9.53 Å². The molecule has 3 rings (SSSR count). The van der Waals surface area contributed by atoms with Crippen molar-refractivity contribution in [2.45, 2.75) is 64.7 Å². The standard InChI is InChI=1S/C29H38O2S/c1-2-3-4-5-6-13-21-32-22-20-31-29(30)26-18-19-27(24-14-9-7-10-15-24)28(23-26)25-16-11-8-12-17-25/h7-12,14-17,26H,2-6,13,18-23H2,1H3. The molecule has 1 aliphatic carbocycles. The zero-order valence-electron chi connectivity index (χ0n) is 19.6. The number of unbranched alkanes of at least 4 members (excludes halogenated alkanes) is 5. The summed E-state index contributed by atoms with van der Waals surface area (Å²) in [6.45, 7) is 2.79.